The molecule has 0 atom stereocenters. The lowest BCUT2D eigenvalue weighted by molar-refractivity contribution is 0.367. The van der Waals surface area contributed by atoms with Gasteiger partial charge in [-0.1, -0.05) is 12.1 Å². The van der Waals surface area contributed by atoms with E-state index in [0.717, 1.165) is 0 Å². The average molecular weight is 274 g/mol. The van der Waals surface area contributed by atoms with Crippen LogP contribution in [0.15, 0.2) is 24.3 Å². The minimum absolute atomic E-state index is 0.142. The van der Waals surface area contributed by atoms with Crippen molar-refractivity contribution in [3.8, 4) is 0 Å². The van der Waals surface area contributed by atoms with Gasteiger partial charge in [-0.2, -0.15) is 0 Å². The van der Waals surface area contributed by atoms with Gasteiger partial charge in [0.15, 0.2) is 0 Å². The predicted octanol–water partition coefficient (Wildman–Crippen LogP) is 1.21. The van der Waals surface area contributed by atoms with Crippen LogP contribution in [0.2, 0.25) is 0 Å². The summed E-state index contributed by atoms with van der Waals surface area (Å²) in [6.45, 7) is 1.71. The van der Waals surface area contributed by atoms with Crippen LogP contribution in [0.4, 0.5) is 10.1 Å². The highest BCUT2D eigenvalue weighted by atomic mass is 32.2. The second kappa shape index (κ2) is 6.70. The minimum atomic E-state index is -2.93. The van der Waals surface area contributed by atoms with E-state index in [-0.39, 0.29) is 11.6 Å². The van der Waals surface area contributed by atoms with Gasteiger partial charge >= 0.3 is 0 Å². The van der Waals surface area contributed by atoms with Gasteiger partial charge < -0.3 is 10.2 Å². The minimum Gasteiger partial charge on any atom is -0.381 e. The smallest absolute Gasteiger partial charge is 0.148 e. The highest BCUT2D eigenvalue weighted by Crippen LogP contribution is 2.11. The van der Waals surface area contributed by atoms with Crippen LogP contribution in [0.3, 0.4) is 0 Å². The molecule has 0 saturated heterocycles. The van der Waals surface area contributed by atoms with Gasteiger partial charge in [0, 0.05) is 25.9 Å². The molecule has 0 radical (unpaired) electrons. The summed E-state index contributed by atoms with van der Waals surface area (Å²) in [6.07, 6.45) is 1.22. The Morgan fingerprint density at radius 3 is 2.56 bits per heavy atom. The van der Waals surface area contributed by atoms with Gasteiger partial charge in [0.25, 0.3) is 0 Å². The number of nitrogens with one attached hydrogen (secondary N) is 1. The lowest BCUT2D eigenvalue weighted by Gasteiger charge is -2.16. The highest BCUT2D eigenvalue weighted by Gasteiger charge is 2.05. The first-order valence-electron chi connectivity index (χ1n) is 5.73. The van der Waals surface area contributed by atoms with Crippen molar-refractivity contribution in [3.63, 3.8) is 0 Å². The van der Waals surface area contributed by atoms with Crippen molar-refractivity contribution < 1.29 is 12.8 Å². The van der Waals surface area contributed by atoms with E-state index in [1.165, 1.54) is 12.3 Å². The lowest BCUT2D eigenvalue weighted by Crippen LogP contribution is -2.29. The quantitative estimate of drug-likeness (QED) is 0.812. The number of hydrogen-bond acceptors (Lipinski definition) is 4. The Morgan fingerprint density at radius 2 is 1.94 bits per heavy atom. The van der Waals surface area contributed by atoms with Crippen molar-refractivity contribution in [2.75, 3.05) is 44.0 Å². The molecule has 0 aliphatic rings. The molecule has 1 rings (SSSR count). The van der Waals surface area contributed by atoms with E-state index >= 15 is 0 Å². The van der Waals surface area contributed by atoms with Gasteiger partial charge in [-0.05, 0) is 19.2 Å². The largest absolute Gasteiger partial charge is 0.381 e. The molecule has 0 heterocycles. The Kier molecular flexibility index (Phi) is 5.55. The number of anilines is 1. The zero-order valence-corrected chi connectivity index (χ0v) is 11.5. The van der Waals surface area contributed by atoms with Crippen molar-refractivity contribution >= 4 is 15.5 Å². The number of likely N-dealkylation sites (N-methyl/N-ethyl adjacent to an activating group) is 1. The Hall–Kier alpha value is -1.14. The van der Waals surface area contributed by atoms with E-state index in [1.807, 2.05) is 11.9 Å². The second-order valence-electron chi connectivity index (χ2n) is 4.34. The summed E-state index contributed by atoms with van der Waals surface area (Å²) in [5, 5.41) is 2.97. The average Bonchev–Trinajstić information content (AvgIpc) is 2.28. The molecule has 1 N–H and O–H groups in total. The van der Waals surface area contributed by atoms with Crippen molar-refractivity contribution in [2.45, 2.75) is 0 Å². The van der Waals surface area contributed by atoms with Crippen molar-refractivity contribution in [1.82, 2.24) is 4.90 Å². The van der Waals surface area contributed by atoms with Crippen LogP contribution in [-0.2, 0) is 9.84 Å². The van der Waals surface area contributed by atoms with Crippen LogP contribution in [0.1, 0.15) is 0 Å². The number of halogens is 1. The van der Waals surface area contributed by atoms with Gasteiger partial charge in [0.1, 0.15) is 15.7 Å². The van der Waals surface area contributed by atoms with E-state index in [2.05, 4.69) is 5.32 Å². The topological polar surface area (TPSA) is 49.4 Å². The van der Waals surface area contributed by atoms with Gasteiger partial charge in [-0.3, -0.25) is 0 Å². The van der Waals surface area contributed by atoms with Crippen LogP contribution in [0.5, 0.6) is 0 Å². The summed E-state index contributed by atoms with van der Waals surface area (Å²) in [5.41, 5.74) is 0.467. The van der Waals surface area contributed by atoms with Gasteiger partial charge in [0.05, 0.1) is 11.4 Å². The first-order valence-corrected chi connectivity index (χ1v) is 7.79. The molecule has 1 aromatic carbocycles. The predicted molar refractivity (Wildman–Crippen MR) is 72.1 cm³/mol. The normalized spacial score (nSPS) is 11.8. The molecule has 102 valence electrons. The second-order valence-corrected chi connectivity index (χ2v) is 6.60. The molecular weight excluding hydrogens is 255 g/mol. The molecule has 0 fully saturated rings. The Labute approximate surface area is 108 Å². The first kappa shape index (κ1) is 14.9. The third-order valence-corrected chi connectivity index (χ3v) is 3.45. The third-order valence-electron chi connectivity index (χ3n) is 2.53. The third kappa shape index (κ3) is 5.97. The summed E-state index contributed by atoms with van der Waals surface area (Å²) in [5.74, 6) is -0.139. The van der Waals surface area contributed by atoms with Crippen molar-refractivity contribution in [1.29, 1.82) is 0 Å². The number of hydrogen-bond donors (Lipinski definition) is 1. The fourth-order valence-corrected chi connectivity index (χ4v) is 2.06. The zero-order chi connectivity index (χ0) is 13.6. The lowest BCUT2D eigenvalue weighted by atomic mass is 10.3. The molecule has 0 bridgehead atoms. The summed E-state index contributed by atoms with van der Waals surface area (Å²) in [6, 6.07) is 6.47. The van der Waals surface area contributed by atoms with E-state index in [0.29, 0.717) is 25.3 Å². The molecule has 0 aliphatic carbocycles. The summed E-state index contributed by atoms with van der Waals surface area (Å²) in [4.78, 5) is 1.90. The molecule has 18 heavy (non-hydrogen) atoms. The number of benzene rings is 1. The maximum atomic E-state index is 13.3. The standard InChI is InChI=1S/C12H19FN2O2S/c1-15(9-10-18(2,16)17)8-7-14-12-6-4-3-5-11(12)13/h3-6,14H,7-10H2,1-2H3. The highest BCUT2D eigenvalue weighted by molar-refractivity contribution is 7.90. The van der Waals surface area contributed by atoms with Crippen LogP contribution >= 0.6 is 0 Å². The van der Waals surface area contributed by atoms with Crippen molar-refractivity contribution in [2.24, 2.45) is 0 Å². The zero-order valence-electron chi connectivity index (χ0n) is 10.7. The summed E-state index contributed by atoms with van der Waals surface area (Å²) in [7, 11) is -1.08. The Bertz CT molecular complexity index is 477. The molecular formula is C12H19FN2O2S. The van der Waals surface area contributed by atoms with E-state index in [1.54, 1.807) is 18.2 Å². The number of sulfone groups is 1. The summed E-state index contributed by atoms with van der Waals surface area (Å²) >= 11 is 0. The van der Waals surface area contributed by atoms with E-state index in [4.69, 9.17) is 0 Å². The SMILES string of the molecule is CN(CCNc1ccccc1F)CCS(C)(=O)=O. The van der Waals surface area contributed by atoms with Gasteiger partial charge in [0.2, 0.25) is 0 Å². The van der Waals surface area contributed by atoms with Crippen molar-refractivity contribution in [3.05, 3.63) is 30.1 Å². The molecule has 4 nitrogen and oxygen atoms in total. The van der Waals surface area contributed by atoms with Crippen LogP contribution in [-0.4, -0.2) is 52.0 Å². The van der Waals surface area contributed by atoms with Gasteiger partial charge in [-0.25, -0.2) is 12.8 Å². The van der Waals surface area contributed by atoms with Gasteiger partial charge in [-0.15, -0.1) is 0 Å². The molecule has 0 saturated carbocycles. The summed E-state index contributed by atoms with van der Waals surface area (Å²) < 4.78 is 35.2. The molecule has 0 spiro atoms. The van der Waals surface area contributed by atoms with E-state index < -0.39 is 9.84 Å². The Balaban J connectivity index is 2.28. The fraction of sp³-hybridized carbons (Fsp3) is 0.500. The van der Waals surface area contributed by atoms with Crippen LogP contribution in [0.25, 0.3) is 0 Å². The number of nitrogens with zero attached hydrogens (tertiary/aromatic N) is 1. The molecule has 0 unspecified atom stereocenters. The Morgan fingerprint density at radius 1 is 1.28 bits per heavy atom. The molecule has 0 aliphatic heterocycles. The molecule has 0 amide bonds. The maximum Gasteiger partial charge on any atom is 0.148 e. The molecule has 0 aromatic heterocycles. The number of para-hydroxylation sites is 1. The van der Waals surface area contributed by atoms with E-state index in [9.17, 15) is 12.8 Å². The van der Waals surface area contributed by atoms with Crippen LogP contribution in [0, 0.1) is 5.82 Å². The monoisotopic (exact) mass is 274 g/mol. The number of rotatable bonds is 7. The first-order chi connectivity index (χ1) is 8.38. The maximum absolute atomic E-state index is 13.3. The fourth-order valence-electron chi connectivity index (χ4n) is 1.42. The van der Waals surface area contributed by atoms with Crippen LogP contribution < -0.4 is 5.32 Å². The molecule has 1 aromatic rings. The molecule has 6 heteroatoms.